The Morgan fingerprint density at radius 3 is 2.08 bits per heavy atom. The minimum atomic E-state index is -2.31. The minimum absolute atomic E-state index is 0.477. The van der Waals surface area contributed by atoms with Crippen LogP contribution in [0.25, 0.3) is 0 Å². The molecule has 72 valence electrons. The summed E-state index contributed by atoms with van der Waals surface area (Å²) in [5.74, 6) is 0. The van der Waals surface area contributed by atoms with E-state index in [2.05, 4.69) is 0 Å². The van der Waals surface area contributed by atoms with Gasteiger partial charge in [0.25, 0.3) is 0 Å². The summed E-state index contributed by atoms with van der Waals surface area (Å²) >= 11 is 0. The zero-order chi connectivity index (χ0) is 9.03. The van der Waals surface area contributed by atoms with Gasteiger partial charge in [-0.3, -0.25) is 0 Å². The van der Waals surface area contributed by atoms with Gasteiger partial charge in [0.05, 0.1) is 0 Å². The molecule has 1 atom stereocenters. The van der Waals surface area contributed by atoms with E-state index < -0.39 is 8.56 Å². The fourth-order valence-corrected chi connectivity index (χ4v) is 3.79. The Kier molecular flexibility index (Phi) is 3.74. The van der Waals surface area contributed by atoms with Crippen LogP contribution < -0.4 is 0 Å². The summed E-state index contributed by atoms with van der Waals surface area (Å²) in [6, 6.07) is 0. The molecule has 0 aromatic heterocycles. The molecule has 0 aliphatic heterocycles. The molecule has 1 rings (SSSR count). The zero-order valence-electron chi connectivity index (χ0n) is 8.18. The highest BCUT2D eigenvalue weighted by Gasteiger charge is 2.36. The molecule has 1 fully saturated rings. The van der Waals surface area contributed by atoms with E-state index in [0.29, 0.717) is 5.54 Å². The van der Waals surface area contributed by atoms with Crippen LogP contribution in [-0.4, -0.2) is 20.5 Å². The van der Waals surface area contributed by atoms with E-state index in [4.69, 9.17) is 4.43 Å². The molecule has 0 heterocycles. The zero-order valence-corrected chi connectivity index (χ0v) is 9.18. The van der Waals surface area contributed by atoms with E-state index >= 15 is 0 Å². The lowest BCUT2D eigenvalue weighted by atomic mass is 10.2. The van der Waals surface area contributed by atoms with Crippen molar-refractivity contribution in [3.05, 3.63) is 0 Å². The largest absolute Gasteiger partial charge is 0.411 e. The van der Waals surface area contributed by atoms with E-state index in [1.807, 2.05) is 6.55 Å². The second kappa shape index (κ2) is 4.39. The smallest absolute Gasteiger partial charge is 0.335 e. The number of hydrogen-bond acceptors (Lipinski definition) is 2. The first kappa shape index (κ1) is 10.2. The molecule has 0 amide bonds. The van der Waals surface area contributed by atoms with E-state index in [1.54, 1.807) is 7.11 Å². The molecule has 2 nitrogen and oxygen atoms in total. The van der Waals surface area contributed by atoms with Crippen LogP contribution in [0.5, 0.6) is 0 Å². The highest BCUT2D eigenvalue weighted by atomic mass is 28.4. The van der Waals surface area contributed by atoms with E-state index in [9.17, 15) is 4.80 Å². The fraction of sp³-hybridized carbons (Fsp3) is 1.00. The minimum Gasteiger partial charge on any atom is -0.411 e. The Morgan fingerprint density at radius 1 is 1.17 bits per heavy atom. The van der Waals surface area contributed by atoms with Crippen LogP contribution in [0.2, 0.25) is 12.1 Å². The molecule has 1 aliphatic rings. The van der Waals surface area contributed by atoms with Crippen molar-refractivity contribution in [1.29, 1.82) is 0 Å². The third-order valence-electron chi connectivity index (χ3n) is 3.03. The maximum Gasteiger partial charge on any atom is 0.335 e. The molecule has 12 heavy (non-hydrogen) atoms. The molecule has 0 aromatic rings. The normalized spacial score (nSPS) is 26.2. The van der Waals surface area contributed by atoms with Crippen molar-refractivity contribution < 1.29 is 9.22 Å². The Balaban J connectivity index is 2.47. The lowest BCUT2D eigenvalue weighted by Gasteiger charge is -2.27. The summed E-state index contributed by atoms with van der Waals surface area (Å²) in [7, 11) is -0.659. The van der Waals surface area contributed by atoms with Gasteiger partial charge in [-0.2, -0.15) is 0 Å². The SMILES string of the molecule is CO[Si](C)(O)C1CCCCCC1. The van der Waals surface area contributed by atoms with Crippen LogP contribution in [0.3, 0.4) is 0 Å². The molecule has 1 unspecified atom stereocenters. The van der Waals surface area contributed by atoms with Gasteiger partial charge in [-0.1, -0.05) is 25.7 Å². The number of rotatable bonds is 2. The first-order valence-electron chi connectivity index (χ1n) is 4.94. The maximum atomic E-state index is 9.99. The van der Waals surface area contributed by atoms with Crippen molar-refractivity contribution >= 4 is 8.56 Å². The van der Waals surface area contributed by atoms with Gasteiger partial charge in [0.2, 0.25) is 0 Å². The van der Waals surface area contributed by atoms with Gasteiger partial charge in [0.1, 0.15) is 0 Å². The summed E-state index contributed by atoms with van der Waals surface area (Å²) < 4.78 is 5.23. The summed E-state index contributed by atoms with van der Waals surface area (Å²) in [4.78, 5) is 9.99. The van der Waals surface area contributed by atoms with Crippen molar-refractivity contribution in [2.75, 3.05) is 7.11 Å². The van der Waals surface area contributed by atoms with Crippen molar-refractivity contribution in [3.8, 4) is 0 Å². The molecule has 0 spiro atoms. The van der Waals surface area contributed by atoms with E-state index in [-0.39, 0.29) is 0 Å². The van der Waals surface area contributed by atoms with Gasteiger partial charge in [-0.15, -0.1) is 0 Å². The van der Waals surface area contributed by atoms with E-state index in [1.165, 1.54) is 38.5 Å². The van der Waals surface area contributed by atoms with Crippen molar-refractivity contribution in [2.24, 2.45) is 0 Å². The van der Waals surface area contributed by atoms with Crippen molar-refractivity contribution in [2.45, 2.75) is 50.6 Å². The molecule has 1 saturated carbocycles. The molecule has 0 radical (unpaired) electrons. The summed E-state index contributed by atoms with van der Waals surface area (Å²) in [5, 5.41) is 0. The number of hydrogen-bond donors (Lipinski definition) is 1. The van der Waals surface area contributed by atoms with Crippen LogP contribution in [0.1, 0.15) is 38.5 Å². The highest BCUT2D eigenvalue weighted by molar-refractivity contribution is 6.66. The second-order valence-corrected chi connectivity index (χ2v) is 7.28. The summed E-state index contributed by atoms with van der Waals surface area (Å²) in [6.45, 7) is 1.92. The third kappa shape index (κ3) is 2.57. The van der Waals surface area contributed by atoms with Crippen LogP contribution in [0.15, 0.2) is 0 Å². The molecule has 3 heteroatoms. The summed E-state index contributed by atoms with van der Waals surface area (Å²) in [5.41, 5.74) is 0.477. The van der Waals surface area contributed by atoms with Crippen LogP contribution in [0.4, 0.5) is 0 Å². The predicted octanol–water partition coefficient (Wildman–Crippen LogP) is 2.42. The van der Waals surface area contributed by atoms with Gasteiger partial charge in [-0.25, -0.2) is 0 Å². The maximum absolute atomic E-state index is 9.99. The Bertz CT molecular complexity index is 128. The highest BCUT2D eigenvalue weighted by Crippen LogP contribution is 2.34. The van der Waals surface area contributed by atoms with Gasteiger partial charge in [-0.05, 0) is 19.4 Å². The van der Waals surface area contributed by atoms with Gasteiger partial charge >= 0.3 is 8.56 Å². The Labute approximate surface area is 76.2 Å². The second-order valence-electron chi connectivity index (χ2n) is 3.95. The molecule has 1 aliphatic carbocycles. The van der Waals surface area contributed by atoms with Gasteiger partial charge in [0.15, 0.2) is 0 Å². The van der Waals surface area contributed by atoms with Crippen molar-refractivity contribution in [3.63, 3.8) is 0 Å². The molecular weight excluding hydrogens is 168 g/mol. The third-order valence-corrected chi connectivity index (χ3v) is 5.94. The van der Waals surface area contributed by atoms with Crippen LogP contribution in [0, 0.1) is 0 Å². The van der Waals surface area contributed by atoms with Crippen LogP contribution in [-0.2, 0) is 4.43 Å². The van der Waals surface area contributed by atoms with Gasteiger partial charge in [0, 0.05) is 12.7 Å². The molecule has 0 saturated heterocycles. The Morgan fingerprint density at radius 2 is 1.67 bits per heavy atom. The average molecular weight is 188 g/mol. The molecule has 0 aromatic carbocycles. The molecule has 1 N–H and O–H groups in total. The first-order chi connectivity index (χ1) is 5.67. The monoisotopic (exact) mass is 188 g/mol. The predicted molar refractivity (Wildman–Crippen MR) is 52.3 cm³/mol. The quantitative estimate of drug-likeness (QED) is 0.533. The van der Waals surface area contributed by atoms with Crippen molar-refractivity contribution in [1.82, 2.24) is 0 Å². The molecular formula is C9H20O2Si. The lowest BCUT2D eigenvalue weighted by Crippen LogP contribution is -2.39. The standard InChI is InChI=1S/C9H20O2Si/c1-11-12(2,10)9-7-5-3-4-6-8-9/h9-10H,3-8H2,1-2H3. The lowest BCUT2D eigenvalue weighted by molar-refractivity contribution is 0.275. The summed E-state index contributed by atoms with van der Waals surface area (Å²) in [6.07, 6.45) is 7.57. The van der Waals surface area contributed by atoms with Gasteiger partial charge < -0.3 is 9.22 Å². The fourth-order valence-electron chi connectivity index (χ4n) is 1.98. The Hall–Kier alpha value is 0.137. The van der Waals surface area contributed by atoms with Crippen LogP contribution >= 0.6 is 0 Å². The average Bonchev–Trinajstić information content (AvgIpc) is 2.32. The molecule has 0 bridgehead atoms. The van der Waals surface area contributed by atoms with E-state index in [0.717, 1.165) is 0 Å². The first-order valence-corrected chi connectivity index (χ1v) is 7.37. The topological polar surface area (TPSA) is 29.5 Å².